The fourth-order valence-electron chi connectivity index (χ4n) is 3.61. The van der Waals surface area contributed by atoms with E-state index in [0.717, 1.165) is 37.4 Å². The number of hydrogen-bond donors (Lipinski definition) is 0. The number of urea groups is 1. The third kappa shape index (κ3) is 4.17. The molecule has 0 unspecified atom stereocenters. The van der Waals surface area contributed by atoms with Gasteiger partial charge in [0.25, 0.3) is 0 Å². The maximum absolute atomic E-state index is 13.4. The summed E-state index contributed by atoms with van der Waals surface area (Å²) in [5.74, 6) is 0. The molecule has 0 aliphatic carbocycles. The first-order valence-corrected chi connectivity index (χ1v) is 9.77. The molecule has 1 saturated heterocycles. The SMILES string of the molecule is O=C(N1CCN(c2ccccc2)CC1)N(Cc1ccccc1)c1ccccc1. The van der Waals surface area contributed by atoms with Crippen molar-refractivity contribution in [1.82, 2.24) is 4.90 Å². The topological polar surface area (TPSA) is 26.8 Å². The van der Waals surface area contributed by atoms with E-state index < -0.39 is 0 Å². The number of hydrogen-bond acceptors (Lipinski definition) is 2. The van der Waals surface area contributed by atoms with Crippen molar-refractivity contribution in [3.05, 3.63) is 96.6 Å². The van der Waals surface area contributed by atoms with Crippen molar-refractivity contribution in [3.8, 4) is 0 Å². The molecule has 1 heterocycles. The van der Waals surface area contributed by atoms with Crippen LogP contribution in [0.1, 0.15) is 5.56 Å². The first-order valence-electron chi connectivity index (χ1n) is 9.77. The number of carbonyl (C=O) groups excluding carboxylic acids is 1. The molecular formula is C24H25N3O. The number of amides is 2. The number of carbonyl (C=O) groups is 1. The minimum atomic E-state index is 0.0720. The summed E-state index contributed by atoms with van der Waals surface area (Å²) in [5.41, 5.74) is 3.28. The number of para-hydroxylation sites is 2. The van der Waals surface area contributed by atoms with Crippen molar-refractivity contribution in [2.45, 2.75) is 6.54 Å². The van der Waals surface area contributed by atoms with Gasteiger partial charge >= 0.3 is 6.03 Å². The molecule has 4 nitrogen and oxygen atoms in total. The molecule has 0 saturated carbocycles. The van der Waals surface area contributed by atoms with Crippen LogP contribution in [0, 0.1) is 0 Å². The second kappa shape index (κ2) is 8.61. The molecule has 3 aromatic rings. The number of rotatable bonds is 4. The third-order valence-electron chi connectivity index (χ3n) is 5.15. The first-order chi connectivity index (χ1) is 13.8. The van der Waals surface area contributed by atoms with Crippen LogP contribution < -0.4 is 9.80 Å². The fourth-order valence-corrected chi connectivity index (χ4v) is 3.61. The van der Waals surface area contributed by atoms with Crippen LogP contribution in [0.5, 0.6) is 0 Å². The van der Waals surface area contributed by atoms with E-state index >= 15 is 0 Å². The van der Waals surface area contributed by atoms with E-state index in [9.17, 15) is 4.79 Å². The molecule has 0 bridgehead atoms. The molecule has 0 atom stereocenters. The van der Waals surface area contributed by atoms with Crippen molar-refractivity contribution in [2.24, 2.45) is 0 Å². The Balaban J connectivity index is 1.48. The predicted molar refractivity (Wildman–Crippen MR) is 115 cm³/mol. The van der Waals surface area contributed by atoms with Crippen LogP contribution in [0.25, 0.3) is 0 Å². The van der Waals surface area contributed by atoms with Gasteiger partial charge in [0.2, 0.25) is 0 Å². The molecule has 1 fully saturated rings. The molecule has 1 aliphatic heterocycles. The largest absolute Gasteiger partial charge is 0.368 e. The smallest absolute Gasteiger partial charge is 0.324 e. The monoisotopic (exact) mass is 371 g/mol. The zero-order valence-electron chi connectivity index (χ0n) is 15.9. The Hall–Kier alpha value is -3.27. The highest BCUT2D eigenvalue weighted by Crippen LogP contribution is 2.21. The summed E-state index contributed by atoms with van der Waals surface area (Å²) in [6.07, 6.45) is 0. The minimum Gasteiger partial charge on any atom is -0.368 e. The summed E-state index contributed by atoms with van der Waals surface area (Å²) >= 11 is 0. The Bertz CT molecular complexity index is 875. The summed E-state index contributed by atoms with van der Waals surface area (Å²) in [5, 5.41) is 0. The molecule has 28 heavy (non-hydrogen) atoms. The predicted octanol–water partition coefficient (Wildman–Crippen LogP) is 4.64. The van der Waals surface area contributed by atoms with Crippen molar-refractivity contribution in [1.29, 1.82) is 0 Å². The van der Waals surface area contributed by atoms with Crippen molar-refractivity contribution < 1.29 is 4.79 Å². The minimum absolute atomic E-state index is 0.0720. The van der Waals surface area contributed by atoms with Gasteiger partial charge < -0.3 is 9.80 Å². The number of nitrogens with zero attached hydrogens (tertiary/aromatic N) is 3. The summed E-state index contributed by atoms with van der Waals surface area (Å²) in [6, 6.07) is 30.6. The summed E-state index contributed by atoms with van der Waals surface area (Å²) in [7, 11) is 0. The zero-order chi connectivity index (χ0) is 19.2. The van der Waals surface area contributed by atoms with Gasteiger partial charge in [-0.3, -0.25) is 4.90 Å². The summed E-state index contributed by atoms with van der Waals surface area (Å²) in [4.78, 5) is 19.6. The van der Waals surface area contributed by atoms with Gasteiger partial charge in [0.1, 0.15) is 0 Å². The van der Waals surface area contributed by atoms with E-state index in [1.807, 2.05) is 64.4 Å². The van der Waals surface area contributed by atoms with Crippen LogP contribution in [0.4, 0.5) is 16.2 Å². The van der Waals surface area contributed by atoms with Crippen molar-refractivity contribution in [2.75, 3.05) is 36.0 Å². The van der Waals surface area contributed by atoms with E-state index in [1.165, 1.54) is 5.69 Å². The van der Waals surface area contributed by atoms with Gasteiger partial charge in [-0.2, -0.15) is 0 Å². The number of benzene rings is 3. The maximum Gasteiger partial charge on any atom is 0.324 e. The standard InChI is InChI=1S/C24H25N3O/c28-24(26-18-16-25(17-19-26)22-12-6-2-7-13-22)27(23-14-8-3-9-15-23)20-21-10-4-1-5-11-21/h1-15H,16-20H2. The molecule has 0 N–H and O–H groups in total. The highest BCUT2D eigenvalue weighted by atomic mass is 16.2. The molecule has 0 aromatic heterocycles. The molecule has 4 heteroatoms. The highest BCUT2D eigenvalue weighted by Gasteiger charge is 2.26. The highest BCUT2D eigenvalue weighted by molar-refractivity contribution is 5.92. The average molecular weight is 371 g/mol. The molecule has 1 aliphatic rings. The summed E-state index contributed by atoms with van der Waals surface area (Å²) < 4.78 is 0. The van der Waals surface area contributed by atoms with Crippen LogP contribution in [0.15, 0.2) is 91.0 Å². The van der Waals surface area contributed by atoms with Crippen LogP contribution in [0.2, 0.25) is 0 Å². The van der Waals surface area contributed by atoms with Gasteiger partial charge in [-0.05, 0) is 29.8 Å². The van der Waals surface area contributed by atoms with Gasteiger partial charge in [-0.15, -0.1) is 0 Å². The molecule has 3 aromatic carbocycles. The quantitative estimate of drug-likeness (QED) is 0.668. The Kier molecular flexibility index (Phi) is 5.57. The van der Waals surface area contributed by atoms with Crippen LogP contribution >= 0.6 is 0 Å². The van der Waals surface area contributed by atoms with Gasteiger partial charge in [-0.1, -0.05) is 66.7 Å². The van der Waals surface area contributed by atoms with Gasteiger partial charge in [-0.25, -0.2) is 4.79 Å². The Labute approximate surface area is 166 Å². The lowest BCUT2D eigenvalue weighted by molar-refractivity contribution is 0.200. The Morgan fingerprint density at radius 1 is 0.714 bits per heavy atom. The van der Waals surface area contributed by atoms with Crippen LogP contribution in [0.3, 0.4) is 0 Å². The Morgan fingerprint density at radius 2 is 1.25 bits per heavy atom. The lowest BCUT2D eigenvalue weighted by atomic mass is 10.2. The summed E-state index contributed by atoms with van der Waals surface area (Å²) in [6.45, 7) is 3.73. The third-order valence-corrected chi connectivity index (χ3v) is 5.15. The van der Waals surface area contributed by atoms with Gasteiger partial charge in [0.05, 0.1) is 6.54 Å². The normalized spacial score (nSPS) is 14.0. The number of anilines is 2. The van der Waals surface area contributed by atoms with Crippen molar-refractivity contribution >= 4 is 17.4 Å². The van der Waals surface area contributed by atoms with Crippen molar-refractivity contribution in [3.63, 3.8) is 0 Å². The molecule has 4 rings (SSSR count). The lowest BCUT2D eigenvalue weighted by Gasteiger charge is -2.38. The molecular weight excluding hydrogens is 346 g/mol. The first kappa shape index (κ1) is 18.1. The molecule has 142 valence electrons. The second-order valence-electron chi connectivity index (χ2n) is 7.00. The molecule has 0 spiro atoms. The fraction of sp³-hybridized carbons (Fsp3) is 0.208. The maximum atomic E-state index is 13.4. The van der Waals surface area contributed by atoms with E-state index in [0.29, 0.717) is 6.54 Å². The average Bonchev–Trinajstić information content (AvgIpc) is 2.79. The molecule has 2 amide bonds. The van der Waals surface area contributed by atoms with Crippen LogP contribution in [-0.4, -0.2) is 37.1 Å². The van der Waals surface area contributed by atoms with Crippen LogP contribution in [-0.2, 0) is 6.54 Å². The van der Waals surface area contributed by atoms with E-state index in [1.54, 1.807) is 0 Å². The van der Waals surface area contributed by atoms with Gasteiger partial charge in [0, 0.05) is 37.6 Å². The zero-order valence-corrected chi connectivity index (χ0v) is 15.9. The van der Waals surface area contributed by atoms with E-state index in [4.69, 9.17) is 0 Å². The van der Waals surface area contributed by atoms with Gasteiger partial charge in [0.15, 0.2) is 0 Å². The van der Waals surface area contributed by atoms with E-state index in [2.05, 4.69) is 41.3 Å². The Morgan fingerprint density at radius 3 is 1.86 bits per heavy atom. The second-order valence-corrected chi connectivity index (χ2v) is 7.00. The number of piperazine rings is 1. The lowest BCUT2D eigenvalue weighted by Crippen LogP contribution is -2.53. The van der Waals surface area contributed by atoms with E-state index in [-0.39, 0.29) is 6.03 Å². The molecule has 0 radical (unpaired) electrons.